The van der Waals surface area contributed by atoms with Crippen LogP contribution in [0.15, 0.2) is 40.3 Å². The predicted molar refractivity (Wildman–Crippen MR) is 118 cm³/mol. The van der Waals surface area contributed by atoms with Gasteiger partial charge in [-0.3, -0.25) is 14.2 Å². The van der Waals surface area contributed by atoms with Crippen LogP contribution in [0.5, 0.6) is 0 Å². The molecule has 2 aromatic heterocycles. The molecule has 2 aliphatic carbocycles. The lowest BCUT2D eigenvalue weighted by Crippen LogP contribution is -2.28. The largest absolute Gasteiger partial charge is 0.353 e. The van der Waals surface area contributed by atoms with E-state index in [1.165, 1.54) is 28.6 Å². The third-order valence-corrected chi connectivity index (χ3v) is 7.66. The van der Waals surface area contributed by atoms with E-state index in [1.54, 1.807) is 15.9 Å². The molecule has 1 saturated carbocycles. The number of nitrogens with zero attached hydrogens (tertiary/aromatic N) is 2. The van der Waals surface area contributed by atoms with Gasteiger partial charge in [-0.05, 0) is 49.7 Å². The van der Waals surface area contributed by atoms with Crippen LogP contribution in [0.2, 0.25) is 0 Å². The van der Waals surface area contributed by atoms with Crippen molar-refractivity contribution in [3.63, 3.8) is 0 Å². The standard InChI is InChI=1S/C22H23N3O2S2/c26-18(23-15-10-11-15)13-28-22-24-20-19(16-8-4-5-9-17(16)29-20)21(27)25(22)12-14-6-2-1-3-7-14/h1-3,6-7,15H,4-5,8-13H2,(H,23,26). The molecule has 2 aliphatic rings. The lowest BCUT2D eigenvalue weighted by atomic mass is 9.97. The molecule has 0 atom stereocenters. The number of fused-ring (bicyclic) bond motifs is 3. The summed E-state index contributed by atoms with van der Waals surface area (Å²) in [6.45, 7) is 0.472. The summed E-state index contributed by atoms with van der Waals surface area (Å²) < 4.78 is 1.76. The average molecular weight is 426 g/mol. The lowest BCUT2D eigenvalue weighted by molar-refractivity contribution is -0.118. The molecule has 0 unspecified atom stereocenters. The van der Waals surface area contributed by atoms with E-state index in [9.17, 15) is 9.59 Å². The molecule has 7 heteroatoms. The summed E-state index contributed by atoms with van der Waals surface area (Å²) in [5.74, 6) is 0.303. The third kappa shape index (κ3) is 3.98. The Morgan fingerprint density at radius 2 is 2.00 bits per heavy atom. The molecular formula is C22H23N3O2S2. The molecule has 1 aromatic carbocycles. The molecule has 29 heavy (non-hydrogen) atoms. The maximum atomic E-state index is 13.5. The molecule has 0 saturated heterocycles. The second-order valence-corrected chi connectivity index (χ2v) is 9.82. The Morgan fingerprint density at radius 1 is 1.21 bits per heavy atom. The number of aryl methyl sites for hydroxylation is 2. The molecule has 5 rings (SSSR count). The fourth-order valence-corrected chi connectivity index (χ4v) is 5.97. The van der Waals surface area contributed by atoms with E-state index in [4.69, 9.17) is 4.98 Å². The Labute approximate surface area is 177 Å². The predicted octanol–water partition coefficient (Wildman–Crippen LogP) is 3.76. The Morgan fingerprint density at radius 3 is 2.79 bits per heavy atom. The maximum absolute atomic E-state index is 13.5. The van der Waals surface area contributed by atoms with Gasteiger partial charge in [-0.2, -0.15) is 0 Å². The van der Waals surface area contributed by atoms with Crippen LogP contribution < -0.4 is 10.9 Å². The van der Waals surface area contributed by atoms with Gasteiger partial charge < -0.3 is 5.32 Å². The number of hydrogen-bond acceptors (Lipinski definition) is 5. The fraction of sp³-hybridized carbons (Fsp3) is 0.409. The van der Waals surface area contributed by atoms with Gasteiger partial charge in [0, 0.05) is 10.9 Å². The van der Waals surface area contributed by atoms with E-state index in [0.717, 1.165) is 47.9 Å². The van der Waals surface area contributed by atoms with Gasteiger partial charge in [-0.25, -0.2) is 4.98 Å². The van der Waals surface area contributed by atoms with E-state index in [-0.39, 0.29) is 17.2 Å². The number of carbonyl (C=O) groups is 1. The number of hydrogen-bond donors (Lipinski definition) is 1. The highest BCUT2D eigenvalue weighted by atomic mass is 32.2. The van der Waals surface area contributed by atoms with E-state index in [2.05, 4.69) is 5.32 Å². The maximum Gasteiger partial charge on any atom is 0.263 e. The van der Waals surface area contributed by atoms with Crippen molar-refractivity contribution >= 4 is 39.2 Å². The highest BCUT2D eigenvalue weighted by molar-refractivity contribution is 7.99. The Balaban J connectivity index is 1.54. The first kappa shape index (κ1) is 18.9. The van der Waals surface area contributed by atoms with E-state index < -0.39 is 0 Å². The Bertz CT molecular complexity index is 1120. The first-order valence-corrected chi connectivity index (χ1v) is 12.0. The van der Waals surface area contributed by atoms with Crippen molar-refractivity contribution in [2.24, 2.45) is 0 Å². The average Bonchev–Trinajstić information content (AvgIpc) is 3.46. The SMILES string of the molecule is O=C(CSc1nc2sc3c(c2c(=O)n1Cc1ccccc1)CCCC3)NC1CC1. The zero-order valence-corrected chi connectivity index (χ0v) is 17.8. The molecule has 2 heterocycles. The minimum Gasteiger partial charge on any atom is -0.353 e. The van der Waals surface area contributed by atoms with Crippen LogP contribution in [-0.2, 0) is 24.2 Å². The van der Waals surface area contributed by atoms with E-state index >= 15 is 0 Å². The second kappa shape index (κ2) is 7.95. The Hall–Kier alpha value is -2.12. The molecule has 0 bridgehead atoms. The number of benzene rings is 1. The van der Waals surface area contributed by atoms with Gasteiger partial charge in [0.2, 0.25) is 5.91 Å². The molecule has 1 fully saturated rings. The molecule has 0 spiro atoms. The summed E-state index contributed by atoms with van der Waals surface area (Å²) in [6.07, 6.45) is 6.46. The third-order valence-electron chi connectivity index (χ3n) is 5.50. The summed E-state index contributed by atoms with van der Waals surface area (Å²) in [6, 6.07) is 10.3. The normalized spacial score (nSPS) is 16.0. The first-order chi connectivity index (χ1) is 14.2. The van der Waals surface area contributed by atoms with Gasteiger partial charge in [0.05, 0.1) is 17.7 Å². The van der Waals surface area contributed by atoms with Crippen LogP contribution in [-0.4, -0.2) is 27.3 Å². The molecule has 0 aliphatic heterocycles. The van der Waals surface area contributed by atoms with E-state index in [1.807, 2.05) is 30.3 Å². The Kier molecular flexibility index (Phi) is 5.18. The highest BCUT2D eigenvalue weighted by Gasteiger charge is 2.25. The quantitative estimate of drug-likeness (QED) is 0.483. The first-order valence-electron chi connectivity index (χ1n) is 10.2. The minimum absolute atomic E-state index is 0.0172. The van der Waals surface area contributed by atoms with Crippen LogP contribution in [0.4, 0.5) is 0 Å². The summed E-state index contributed by atoms with van der Waals surface area (Å²) in [4.78, 5) is 32.7. The van der Waals surface area contributed by atoms with Crippen molar-refractivity contribution < 1.29 is 4.79 Å². The number of rotatable bonds is 6. The van der Waals surface area contributed by atoms with Gasteiger partial charge in [0.25, 0.3) is 5.56 Å². The monoisotopic (exact) mass is 425 g/mol. The fourth-order valence-electron chi connectivity index (χ4n) is 3.86. The summed E-state index contributed by atoms with van der Waals surface area (Å²) >= 11 is 3.03. The highest BCUT2D eigenvalue weighted by Crippen LogP contribution is 2.34. The van der Waals surface area contributed by atoms with Gasteiger partial charge in [0.15, 0.2) is 5.16 Å². The molecule has 3 aromatic rings. The molecule has 1 N–H and O–H groups in total. The number of thiophene rings is 1. The van der Waals surface area contributed by atoms with Gasteiger partial charge in [-0.15, -0.1) is 11.3 Å². The van der Waals surface area contributed by atoms with Crippen molar-refractivity contribution in [3.05, 3.63) is 56.7 Å². The number of amides is 1. The van der Waals surface area contributed by atoms with Crippen molar-refractivity contribution in [2.75, 3.05) is 5.75 Å². The minimum atomic E-state index is 0.0172. The molecule has 5 nitrogen and oxygen atoms in total. The molecular weight excluding hydrogens is 402 g/mol. The van der Waals surface area contributed by atoms with Crippen LogP contribution in [0, 0.1) is 0 Å². The van der Waals surface area contributed by atoms with E-state index in [0.29, 0.717) is 17.7 Å². The molecule has 0 radical (unpaired) electrons. The topological polar surface area (TPSA) is 64.0 Å². The van der Waals surface area contributed by atoms with Gasteiger partial charge in [0.1, 0.15) is 4.83 Å². The van der Waals surface area contributed by atoms with Crippen molar-refractivity contribution in [1.29, 1.82) is 0 Å². The number of carbonyl (C=O) groups excluding carboxylic acids is 1. The van der Waals surface area contributed by atoms with Crippen LogP contribution in [0.25, 0.3) is 10.2 Å². The van der Waals surface area contributed by atoms with Gasteiger partial charge in [-0.1, -0.05) is 42.1 Å². The zero-order chi connectivity index (χ0) is 19.8. The lowest BCUT2D eigenvalue weighted by Gasteiger charge is -2.13. The molecule has 150 valence electrons. The van der Waals surface area contributed by atoms with Crippen LogP contribution in [0.1, 0.15) is 41.7 Å². The number of nitrogens with one attached hydrogen (secondary N) is 1. The summed E-state index contributed by atoms with van der Waals surface area (Å²) in [5.41, 5.74) is 2.30. The summed E-state index contributed by atoms with van der Waals surface area (Å²) in [7, 11) is 0. The summed E-state index contributed by atoms with van der Waals surface area (Å²) in [5, 5.41) is 4.45. The van der Waals surface area contributed by atoms with Crippen molar-refractivity contribution in [2.45, 2.75) is 56.3 Å². The van der Waals surface area contributed by atoms with Crippen LogP contribution >= 0.6 is 23.1 Å². The van der Waals surface area contributed by atoms with Gasteiger partial charge >= 0.3 is 0 Å². The number of thioether (sulfide) groups is 1. The second-order valence-electron chi connectivity index (χ2n) is 7.79. The smallest absolute Gasteiger partial charge is 0.263 e. The zero-order valence-electron chi connectivity index (χ0n) is 16.1. The van der Waals surface area contributed by atoms with Crippen molar-refractivity contribution in [3.8, 4) is 0 Å². The number of aromatic nitrogens is 2. The van der Waals surface area contributed by atoms with Crippen molar-refractivity contribution in [1.82, 2.24) is 14.9 Å². The molecule has 1 amide bonds. The van der Waals surface area contributed by atoms with Crippen LogP contribution in [0.3, 0.4) is 0 Å².